The summed E-state index contributed by atoms with van der Waals surface area (Å²) in [4.78, 5) is 18.8. The summed E-state index contributed by atoms with van der Waals surface area (Å²) in [6.45, 7) is 2.26. The van der Waals surface area contributed by atoms with E-state index in [0.29, 0.717) is 17.2 Å². The molecular formula is C20H25N3O2S. The Morgan fingerprint density at radius 2 is 2.15 bits per heavy atom. The lowest BCUT2D eigenvalue weighted by Crippen LogP contribution is -2.34. The van der Waals surface area contributed by atoms with Crippen LogP contribution in [0, 0.1) is 0 Å². The van der Waals surface area contributed by atoms with Crippen LogP contribution in [0.2, 0.25) is 0 Å². The highest BCUT2D eigenvalue weighted by molar-refractivity contribution is 7.12. The molecule has 1 unspecified atom stereocenters. The van der Waals surface area contributed by atoms with E-state index in [-0.39, 0.29) is 5.91 Å². The fourth-order valence-corrected chi connectivity index (χ4v) is 4.34. The molecule has 2 aliphatic rings. The Bertz CT molecular complexity index is 828. The first-order valence-corrected chi connectivity index (χ1v) is 10.2. The van der Waals surface area contributed by atoms with Crippen LogP contribution in [-0.4, -0.2) is 37.1 Å². The summed E-state index contributed by atoms with van der Waals surface area (Å²) in [5, 5.41) is 5.08. The Hall–Kier alpha value is -2.08. The zero-order chi connectivity index (χ0) is 18.3. The fourth-order valence-electron chi connectivity index (χ4n) is 3.57. The molecule has 1 aromatic carbocycles. The number of anilines is 1. The average Bonchev–Trinajstić information content (AvgIpc) is 3.10. The molecule has 5 nitrogen and oxygen atoms in total. The van der Waals surface area contributed by atoms with E-state index in [1.165, 1.54) is 29.0 Å². The molecule has 1 aromatic heterocycles. The number of hydrogen-bond donors (Lipinski definition) is 1. The molecule has 1 aliphatic heterocycles. The SMILES string of the molecule is CNC(=O)c1nc(-c2ccc3c(c2OC2CCC2)CCC(C)N3C)cs1. The standard InChI is InChI=1S/C20H25N3O2S/c1-12-7-8-15-17(23(12)3)10-9-14(18(15)25-13-5-4-6-13)16-11-26-20(22-16)19(24)21-2/h9-13H,4-8H2,1-3H3,(H,21,24). The van der Waals surface area contributed by atoms with Crippen LogP contribution in [0.25, 0.3) is 11.3 Å². The maximum absolute atomic E-state index is 11.9. The molecule has 1 amide bonds. The van der Waals surface area contributed by atoms with Crippen LogP contribution in [0.1, 0.15) is 48.0 Å². The van der Waals surface area contributed by atoms with Crippen molar-refractivity contribution in [3.63, 3.8) is 0 Å². The molecule has 0 bridgehead atoms. The molecule has 0 radical (unpaired) electrons. The van der Waals surface area contributed by atoms with Crippen LogP contribution >= 0.6 is 11.3 Å². The van der Waals surface area contributed by atoms with Gasteiger partial charge in [-0.2, -0.15) is 0 Å². The smallest absolute Gasteiger partial charge is 0.280 e. The van der Waals surface area contributed by atoms with Gasteiger partial charge in [0.25, 0.3) is 5.91 Å². The van der Waals surface area contributed by atoms with Gasteiger partial charge in [-0.1, -0.05) is 0 Å². The predicted octanol–water partition coefficient (Wildman–Crippen LogP) is 3.87. The molecule has 2 aromatic rings. The molecule has 6 heteroatoms. The summed E-state index contributed by atoms with van der Waals surface area (Å²) >= 11 is 1.37. The largest absolute Gasteiger partial charge is 0.489 e. The first-order valence-electron chi connectivity index (χ1n) is 9.32. The Morgan fingerprint density at radius 1 is 1.35 bits per heavy atom. The van der Waals surface area contributed by atoms with Crippen molar-refractivity contribution in [3.05, 3.63) is 28.1 Å². The molecule has 26 heavy (non-hydrogen) atoms. The fraction of sp³-hybridized carbons (Fsp3) is 0.500. The van der Waals surface area contributed by atoms with Crippen molar-refractivity contribution >= 4 is 22.9 Å². The third kappa shape index (κ3) is 2.96. The van der Waals surface area contributed by atoms with E-state index in [1.54, 1.807) is 7.05 Å². The third-order valence-corrected chi connectivity index (χ3v) is 6.47. The van der Waals surface area contributed by atoms with E-state index in [0.717, 1.165) is 42.7 Å². The second-order valence-corrected chi connectivity index (χ2v) is 8.08. The predicted molar refractivity (Wildman–Crippen MR) is 105 cm³/mol. The summed E-state index contributed by atoms with van der Waals surface area (Å²) in [6.07, 6.45) is 5.93. The second-order valence-electron chi connectivity index (χ2n) is 7.23. The lowest BCUT2D eigenvalue weighted by molar-refractivity contribution is 0.0962. The lowest BCUT2D eigenvalue weighted by atomic mass is 9.92. The van der Waals surface area contributed by atoms with E-state index >= 15 is 0 Å². The van der Waals surface area contributed by atoms with Gasteiger partial charge in [-0.25, -0.2) is 4.98 Å². The quantitative estimate of drug-likeness (QED) is 0.886. The van der Waals surface area contributed by atoms with Crippen molar-refractivity contribution in [1.82, 2.24) is 10.3 Å². The van der Waals surface area contributed by atoms with Crippen molar-refractivity contribution in [3.8, 4) is 17.0 Å². The minimum Gasteiger partial charge on any atom is -0.489 e. The highest BCUT2D eigenvalue weighted by Gasteiger charge is 2.29. The third-order valence-electron chi connectivity index (χ3n) is 5.63. The molecule has 4 rings (SSSR count). The first kappa shape index (κ1) is 17.3. The van der Waals surface area contributed by atoms with Gasteiger partial charge in [0.1, 0.15) is 5.75 Å². The molecule has 1 N–H and O–H groups in total. The number of hydrogen-bond acceptors (Lipinski definition) is 5. The summed E-state index contributed by atoms with van der Waals surface area (Å²) < 4.78 is 6.45. The maximum atomic E-state index is 11.9. The van der Waals surface area contributed by atoms with Crippen LogP contribution in [-0.2, 0) is 6.42 Å². The maximum Gasteiger partial charge on any atom is 0.280 e. The highest BCUT2D eigenvalue weighted by Crippen LogP contribution is 2.44. The lowest BCUT2D eigenvalue weighted by Gasteiger charge is -2.36. The number of thiazole rings is 1. The molecule has 138 valence electrons. The van der Waals surface area contributed by atoms with Crippen molar-refractivity contribution in [2.45, 2.75) is 51.2 Å². The number of nitrogens with zero attached hydrogens (tertiary/aromatic N) is 2. The van der Waals surface area contributed by atoms with Gasteiger partial charge >= 0.3 is 0 Å². The number of benzene rings is 1. The summed E-state index contributed by atoms with van der Waals surface area (Å²) in [6, 6.07) is 4.81. The van der Waals surface area contributed by atoms with Crippen LogP contribution in [0.15, 0.2) is 17.5 Å². The summed E-state index contributed by atoms with van der Waals surface area (Å²) in [7, 11) is 3.78. The van der Waals surface area contributed by atoms with Crippen LogP contribution < -0.4 is 15.0 Å². The zero-order valence-corrected chi connectivity index (χ0v) is 16.4. The zero-order valence-electron chi connectivity index (χ0n) is 15.5. The first-order chi connectivity index (χ1) is 12.6. The number of carbonyl (C=O) groups is 1. The number of aromatic nitrogens is 1. The van der Waals surface area contributed by atoms with Gasteiger partial charge in [-0.05, 0) is 51.2 Å². The Morgan fingerprint density at radius 3 is 2.85 bits per heavy atom. The van der Waals surface area contributed by atoms with E-state index < -0.39 is 0 Å². The normalized spacial score (nSPS) is 19.7. The van der Waals surface area contributed by atoms with Gasteiger partial charge in [0, 0.05) is 42.3 Å². The van der Waals surface area contributed by atoms with Gasteiger partial charge < -0.3 is 15.0 Å². The van der Waals surface area contributed by atoms with Crippen molar-refractivity contribution in [1.29, 1.82) is 0 Å². The molecule has 0 spiro atoms. The average molecular weight is 372 g/mol. The number of carbonyl (C=O) groups excluding carboxylic acids is 1. The molecule has 1 saturated carbocycles. The Labute approximate surface area is 158 Å². The number of amides is 1. The summed E-state index contributed by atoms with van der Waals surface area (Å²) in [5.74, 6) is 0.828. The molecule has 2 heterocycles. The number of rotatable bonds is 4. The van der Waals surface area contributed by atoms with E-state index in [9.17, 15) is 4.79 Å². The van der Waals surface area contributed by atoms with E-state index in [2.05, 4.69) is 41.3 Å². The molecule has 1 aliphatic carbocycles. The van der Waals surface area contributed by atoms with E-state index in [1.807, 2.05) is 5.38 Å². The minimum atomic E-state index is -0.144. The molecule has 0 saturated heterocycles. The summed E-state index contributed by atoms with van der Waals surface area (Å²) in [5.41, 5.74) is 4.37. The Balaban J connectivity index is 1.78. The van der Waals surface area contributed by atoms with E-state index in [4.69, 9.17) is 4.74 Å². The monoisotopic (exact) mass is 371 g/mol. The van der Waals surface area contributed by atoms with Crippen LogP contribution in [0.4, 0.5) is 5.69 Å². The second kappa shape index (κ2) is 6.91. The van der Waals surface area contributed by atoms with Gasteiger partial charge in [0.15, 0.2) is 5.01 Å². The number of fused-ring (bicyclic) bond motifs is 1. The van der Waals surface area contributed by atoms with Gasteiger partial charge in [-0.3, -0.25) is 4.79 Å². The van der Waals surface area contributed by atoms with Crippen LogP contribution in [0.3, 0.4) is 0 Å². The number of nitrogens with one attached hydrogen (secondary N) is 1. The molecule has 1 atom stereocenters. The topological polar surface area (TPSA) is 54.5 Å². The molecular weight excluding hydrogens is 346 g/mol. The minimum absolute atomic E-state index is 0.144. The van der Waals surface area contributed by atoms with Crippen molar-refractivity contribution in [2.24, 2.45) is 0 Å². The van der Waals surface area contributed by atoms with Gasteiger partial charge in [0.2, 0.25) is 0 Å². The van der Waals surface area contributed by atoms with Crippen molar-refractivity contribution in [2.75, 3.05) is 19.0 Å². The van der Waals surface area contributed by atoms with Crippen LogP contribution in [0.5, 0.6) is 5.75 Å². The highest BCUT2D eigenvalue weighted by atomic mass is 32.1. The van der Waals surface area contributed by atoms with Crippen molar-refractivity contribution < 1.29 is 9.53 Å². The molecule has 1 fully saturated rings. The van der Waals surface area contributed by atoms with Gasteiger partial charge in [-0.15, -0.1) is 11.3 Å². The Kier molecular flexibility index (Phi) is 4.61. The number of ether oxygens (including phenoxy) is 1. The van der Waals surface area contributed by atoms with Gasteiger partial charge in [0.05, 0.1) is 11.8 Å².